The van der Waals surface area contributed by atoms with Crippen LogP contribution in [0.3, 0.4) is 0 Å². The third-order valence-corrected chi connectivity index (χ3v) is 6.10. The summed E-state index contributed by atoms with van der Waals surface area (Å²) in [7, 11) is 0. The van der Waals surface area contributed by atoms with Crippen LogP contribution < -0.4 is 4.74 Å². The van der Waals surface area contributed by atoms with Crippen molar-refractivity contribution in [1.29, 1.82) is 0 Å². The lowest BCUT2D eigenvalue weighted by molar-refractivity contribution is -0.0685. The second-order valence-corrected chi connectivity index (χ2v) is 10.2. The third-order valence-electron chi connectivity index (χ3n) is 4.87. The summed E-state index contributed by atoms with van der Waals surface area (Å²) in [6.45, 7) is 12.0. The van der Waals surface area contributed by atoms with Gasteiger partial charge in [-0.05, 0) is 65.8 Å². The summed E-state index contributed by atoms with van der Waals surface area (Å²) in [5, 5.41) is 19.0. The Morgan fingerprint density at radius 2 is 1.90 bits per heavy atom. The van der Waals surface area contributed by atoms with Crippen LogP contribution in [0.1, 0.15) is 53.0 Å². The maximum Gasteiger partial charge on any atom is 0.413 e. The number of aromatic nitrogens is 2. The Hall–Kier alpha value is -2.23. The van der Waals surface area contributed by atoms with E-state index >= 15 is 0 Å². The zero-order chi connectivity index (χ0) is 22.9. The third kappa shape index (κ3) is 5.16. The van der Waals surface area contributed by atoms with Gasteiger partial charge in [0.25, 0.3) is 0 Å². The number of rotatable bonds is 6. The predicted molar refractivity (Wildman–Crippen MR) is 118 cm³/mol. The van der Waals surface area contributed by atoms with Crippen molar-refractivity contribution >= 4 is 17.4 Å². The number of aliphatic hydroxyl groups is 1. The van der Waals surface area contributed by atoms with Crippen molar-refractivity contribution in [3.8, 4) is 16.3 Å². The molecule has 1 N–H and O–H groups in total. The van der Waals surface area contributed by atoms with E-state index < -0.39 is 23.0 Å². The zero-order valence-corrected chi connectivity index (χ0v) is 19.8. The Bertz CT molecular complexity index is 907. The number of carbonyl (C=O) groups is 1. The molecule has 1 aromatic carbocycles. The predicted octanol–water partition coefficient (Wildman–Crippen LogP) is 4.18. The average Bonchev–Trinajstić information content (AvgIpc) is 3.25. The second kappa shape index (κ2) is 8.72. The van der Waals surface area contributed by atoms with Crippen LogP contribution in [-0.4, -0.2) is 57.4 Å². The molecule has 0 saturated carbocycles. The fourth-order valence-electron chi connectivity index (χ4n) is 3.43. The molecule has 2 aromatic rings. The first kappa shape index (κ1) is 23.4. The topological polar surface area (TPSA) is 94.0 Å². The quantitative estimate of drug-likeness (QED) is 0.661. The van der Waals surface area contributed by atoms with Crippen molar-refractivity contribution in [3.63, 3.8) is 0 Å². The second-order valence-electron chi connectivity index (χ2n) is 9.19. The first-order valence-electron chi connectivity index (χ1n) is 10.3. The SMILES string of the molecule is CC(C)(C)OC(=O)N1C(C)(C)OC[C@]1(C)c1nnc(-c2ccc(OCCCO)cc2)s1. The van der Waals surface area contributed by atoms with Crippen LogP contribution in [0.25, 0.3) is 10.6 Å². The molecule has 1 aromatic heterocycles. The van der Waals surface area contributed by atoms with Gasteiger partial charge >= 0.3 is 6.09 Å². The van der Waals surface area contributed by atoms with E-state index in [2.05, 4.69) is 10.2 Å². The standard InChI is InChI=1S/C22H31N3O5S/c1-20(2,3)30-19(27)25-21(4,5)29-14-22(25,6)18-24-23-17(31-18)15-8-10-16(11-9-15)28-13-7-12-26/h8-11,26H,7,12-14H2,1-6H3/t22-/m1/s1. The van der Waals surface area contributed by atoms with E-state index in [-0.39, 0.29) is 6.61 Å². The molecule has 1 atom stereocenters. The molecule has 31 heavy (non-hydrogen) atoms. The van der Waals surface area contributed by atoms with E-state index in [0.717, 1.165) is 16.3 Å². The van der Waals surface area contributed by atoms with Crippen molar-refractivity contribution in [2.45, 2.75) is 64.8 Å². The summed E-state index contributed by atoms with van der Waals surface area (Å²) >= 11 is 1.42. The number of carbonyl (C=O) groups excluding carboxylic acids is 1. The van der Waals surface area contributed by atoms with Gasteiger partial charge < -0.3 is 19.3 Å². The lowest BCUT2D eigenvalue weighted by Gasteiger charge is -2.39. The lowest BCUT2D eigenvalue weighted by Crippen LogP contribution is -2.54. The number of nitrogens with zero attached hydrogens (tertiary/aromatic N) is 3. The van der Waals surface area contributed by atoms with Crippen molar-refractivity contribution in [1.82, 2.24) is 15.1 Å². The van der Waals surface area contributed by atoms with Crippen LogP contribution in [0.15, 0.2) is 24.3 Å². The van der Waals surface area contributed by atoms with E-state index in [1.165, 1.54) is 11.3 Å². The van der Waals surface area contributed by atoms with Gasteiger partial charge in [0.2, 0.25) is 0 Å². The molecular formula is C22H31N3O5S. The monoisotopic (exact) mass is 449 g/mol. The highest BCUT2D eigenvalue weighted by molar-refractivity contribution is 7.14. The normalized spacial score (nSPS) is 20.7. The number of aliphatic hydroxyl groups excluding tert-OH is 1. The lowest BCUT2D eigenvalue weighted by atomic mass is 10.0. The summed E-state index contributed by atoms with van der Waals surface area (Å²) in [5.74, 6) is 0.732. The Balaban J connectivity index is 1.83. The Kier molecular flexibility index (Phi) is 6.59. The van der Waals surface area contributed by atoms with Gasteiger partial charge in [-0.1, -0.05) is 11.3 Å². The molecule has 170 valence electrons. The van der Waals surface area contributed by atoms with Gasteiger partial charge in [0.15, 0.2) is 0 Å². The summed E-state index contributed by atoms with van der Waals surface area (Å²) in [6.07, 6.45) is 0.144. The fourth-order valence-corrected chi connectivity index (χ4v) is 4.40. The summed E-state index contributed by atoms with van der Waals surface area (Å²) in [4.78, 5) is 14.7. The van der Waals surface area contributed by atoms with E-state index in [9.17, 15) is 4.79 Å². The van der Waals surface area contributed by atoms with E-state index in [0.29, 0.717) is 24.6 Å². The smallest absolute Gasteiger partial charge is 0.413 e. The van der Waals surface area contributed by atoms with E-state index in [1.54, 1.807) is 4.90 Å². The molecule has 9 heteroatoms. The van der Waals surface area contributed by atoms with Gasteiger partial charge in [-0.25, -0.2) is 4.79 Å². The number of amides is 1. The highest BCUT2D eigenvalue weighted by Gasteiger charge is 2.55. The highest BCUT2D eigenvalue weighted by atomic mass is 32.1. The van der Waals surface area contributed by atoms with Gasteiger partial charge in [0, 0.05) is 18.6 Å². The van der Waals surface area contributed by atoms with Gasteiger partial charge in [-0.2, -0.15) is 0 Å². The van der Waals surface area contributed by atoms with Gasteiger partial charge in [-0.15, -0.1) is 10.2 Å². The number of hydrogen-bond acceptors (Lipinski definition) is 8. The summed E-state index contributed by atoms with van der Waals surface area (Å²) in [5.41, 5.74) is -1.35. The van der Waals surface area contributed by atoms with Crippen molar-refractivity contribution in [2.75, 3.05) is 19.8 Å². The summed E-state index contributed by atoms with van der Waals surface area (Å²) < 4.78 is 17.2. The molecule has 8 nitrogen and oxygen atoms in total. The molecule has 0 unspecified atom stereocenters. The minimum atomic E-state index is -0.837. The molecule has 1 aliphatic rings. The minimum absolute atomic E-state index is 0.102. The first-order chi connectivity index (χ1) is 14.5. The molecule has 1 saturated heterocycles. The Morgan fingerprint density at radius 1 is 1.23 bits per heavy atom. The van der Waals surface area contributed by atoms with Crippen LogP contribution in [0.2, 0.25) is 0 Å². The molecular weight excluding hydrogens is 418 g/mol. The van der Waals surface area contributed by atoms with Crippen LogP contribution in [0.4, 0.5) is 4.79 Å². The van der Waals surface area contributed by atoms with Crippen LogP contribution in [-0.2, 0) is 15.0 Å². The number of hydrogen-bond donors (Lipinski definition) is 1. The zero-order valence-electron chi connectivity index (χ0n) is 19.0. The number of benzene rings is 1. The largest absolute Gasteiger partial charge is 0.494 e. The molecule has 0 bridgehead atoms. The average molecular weight is 450 g/mol. The Labute approximate surface area is 187 Å². The maximum absolute atomic E-state index is 13.0. The van der Waals surface area contributed by atoms with E-state index in [4.69, 9.17) is 19.3 Å². The molecule has 0 aliphatic carbocycles. The highest BCUT2D eigenvalue weighted by Crippen LogP contribution is 2.44. The molecule has 3 rings (SSSR count). The molecule has 1 amide bonds. The van der Waals surface area contributed by atoms with Gasteiger partial charge in [0.05, 0.1) is 13.2 Å². The molecule has 1 aliphatic heterocycles. The first-order valence-corrected chi connectivity index (χ1v) is 11.1. The van der Waals surface area contributed by atoms with E-state index in [1.807, 2.05) is 65.8 Å². The van der Waals surface area contributed by atoms with Crippen LogP contribution >= 0.6 is 11.3 Å². The number of ether oxygens (including phenoxy) is 3. The summed E-state index contributed by atoms with van der Waals surface area (Å²) in [6, 6.07) is 7.57. The fraction of sp³-hybridized carbons (Fsp3) is 0.591. The Morgan fingerprint density at radius 3 is 2.52 bits per heavy atom. The molecule has 2 heterocycles. The van der Waals surface area contributed by atoms with Gasteiger partial charge in [0.1, 0.15) is 32.6 Å². The minimum Gasteiger partial charge on any atom is -0.494 e. The molecule has 0 radical (unpaired) electrons. The molecule has 0 spiro atoms. The van der Waals surface area contributed by atoms with Crippen molar-refractivity contribution < 1.29 is 24.1 Å². The maximum atomic E-state index is 13.0. The van der Waals surface area contributed by atoms with Gasteiger partial charge in [-0.3, -0.25) is 4.90 Å². The molecule has 1 fully saturated rings. The van der Waals surface area contributed by atoms with Crippen LogP contribution in [0.5, 0.6) is 5.75 Å². The van der Waals surface area contributed by atoms with Crippen LogP contribution in [0, 0.1) is 0 Å². The van der Waals surface area contributed by atoms with Crippen molar-refractivity contribution in [2.24, 2.45) is 0 Å². The van der Waals surface area contributed by atoms with Crippen molar-refractivity contribution in [3.05, 3.63) is 29.3 Å².